The lowest BCUT2D eigenvalue weighted by molar-refractivity contribution is -0.121. The topological polar surface area (TPSA) is 61.4 Å². The molecular weight excluding hydrogens is 278 g/mol. The van der Waals surface area contributed by atoms with Crippen LogP contribution in [0.4, 0.5) is 4.79 Å². The Hall–Kier alpha value is -1.10. The molecule has 5 nitrogen and oxygen atoms in total. The van der Waals surface area contributed by atoms with Crippen molar-refractivity contribution in [2.75, 3.05) is 13.1 Å². The zero-order chi connectivity index (χ0) is 15.9. The number of hydrogen-bond donors (Lipinski definition) is 2. The average Bonchev–Trinajstić information content (AvgIpc) is 2.50. The van der Waals surface area contributed by atoms with Gasteiger partial charge in [-0.1, -0.05) is 0 Å². The molecule has 2 N–H and O–H groups in total. The molecule has 2 atom stereocenters. The summed E-state index contributed by atoms with van der Waals surface area (Å²) in [7, 11) is 0. The third-order valence-electron chi connectivity index (χ3n) is 5.31. The molecule has 0 aromatic carbocycles. The smallest absolute Gasteiger partial charge is 0.321 e. The maximum absolute atomic E-state index is 12.2. The number of fused-ring (bicyclic) bond motifs is 1. The van der Waals surface area contributed by atoms with Gasteiger partial charge in [0.25, 0.3) is 0 Å². The van der Waals surface area contributed by atoms with Crippen molar-refractivity contribution in [1.29, 1.82) is 0 Å². The summed E-state index contributed by atoms with van der Waals surface area (Å²) >= 11 is 0. The van der Waals surface area contributed by atoms with Crippen LogP contribution in [0.2, 0.25) is 0 Å². The van der Waals surface area contributed by atoms with Crippen molar-refractivity contribution < 1.29 is 9.59 Å². The van der Waals surface area contributed by atoms with Crippen LogP contribution >= 0.6 is 0 Å². The first kappa shape index (κ1) is 15.8. The van der Waals surface area contributed by atoms with Gasteiger partial charge in [0.15, 0.2) is 0 Å². The van der Waals surface area contributed by atoms with E-state index in [-0.39, 0.29) is 11.4 Å². The molecule has 3 amide bonds. The predicted molar refractivity (Wildman–Crippen MR) is 85.3 cm³/mol. The molecule has 2 unspecified atom stereocenters. The van der Waals surface area contributed by atoms with E-state index in [9.17, 15) is 9.59 Å². The van der Waals surface area contributed by atoms with Crippen molar-refractivity contribution in [2.45, 2.75) is 64.5 Å². The minimum absolute atomic E-state index is 0.178. The molecule has 5 heteroatoms. The Morgan fingerprint density at radius 3 is 2.18 bits per heavy atom. The minimum Gasteiger partial charge on any atom is -0.333 e. The van der Waals surface area contributed by atoms with Gasteiger partial charge in [-0.3, -0.25) is 15.0 Å². The molecule has 2 saturated heterocycles. The predicted octanol–water partition coefficient (Wildman–Crippen LogP) is 2.12. The molecule has 0 aromatic rings. The van der Waals surface area contributed by atoms with Gasteiger partial charge < -0.3 is 5.32 Å². The van der Waals surface area contributed by atoms with Crippen LogP contribution in [0.3, 0.4) is 0 Å². The lowest BCUT2D eigenvalue weighted by atomic mass is 9.68. The highest BCUT2D eigenvalue weighted by atomic mass is 16.2. The summed E-state index contributed by atoms with van der Waals surface area (Å²) in [6.07, 6.45) is 6.58. The molecule has 4 bridgehead atoms. The third-order valence-corrected chi connectivity index (χ3v) is 5.31. The molecule has 4 aliphatic rings. The molecular formula is C17H29N3O2. The van der Waals surface area contributed by atoms with E-state index in [0.29, 0.717) is 12.6 Å². The van der Waals surface area contributed by atoms with Gasteiger partial charge >= 0.3 is 6.03 Å². The van der Waals surface area contributed by atoms with Crippen LogP contribution in [0.25, 0.3) is 0 Å². The van der Waals surface area contributed by atoms with Crippen molar-refractivity contribution in [3.8, 4) is 0 Å². The van der Waals surface area contributed by atoms with Crippen molar-refractivity contribution in [2.24, 2.45) is 17.8 Å². The monoisotopic (exact) mass is 307 g/mol. The van der Waals surface area contributed by atoms with Crippen LogP contribution in [0.1, 0.15) is 52.9 Å². The number of carbonyl (C=O) groups is 2. The number of hydrogen-bond acceptors (Lipinski definition) is 3. The maximum Gasteiger partial charge on any atom is 0.321 e. The number of amides is 3. The summed E-state index contributed by atoms with van der Waals surface area (Å²) in [4.78, 5) is 26.3. The summed E-state index contributed by atoms with van der Waals surface area (Å²) in [6.45, 7) is 7.11. The van der Waals surface area contributed by atoms with Crippen LogP contribution in [-0.4, -0.2) is 41.5 Å². The molecule has 2 aliphatic carbocycles. The molecule has 2 aliphatic heterocycles. The molecule has 0 radical (unpaired) electrons. The number of urea groups is 1. The normalized spacial score (nSPS) is 34.3. The number of nitrogens with one attached hydrogen (secondary N) is 2. The summed E-state index contributed by atoms with van der Waals surface area (Å²) in [6, 6.07) is 0.158. The Labute approximate surface area is 133 Å². The van der Waals surface area contributed by atoms with Crippen LogP contribution < -0.4 is 10.6 Å². The van der Waals surface area contributed by atoms with Crippen molar-refractivity contribution in [3.05, 3.63) is 0 Å². The second kappa shape index (κ2) is 5.84. The summed E-state index contributed by atoms with van der Waals surface area (Å²) in [5, 5.41) is 5.25. The number of imide groups is 1. The first-order chi connectivity index (χ1) is 10.3. The van der Waals surface area contributed by atoms with Gasteiger partial charge in [0, 0.05) is 18.1 Å². The van der Waals surface area contributed by atoms with Crippen LogP contribution in [0.15, 0.2) is 0 Å². The molecule has 0 spiro atoms. The number of carbonyl (C=O) groups excluding carboxylic acids is 2. The summed E-state index contributed by atoms with van der Waals surface area (Å²) in [5.74, 6) is 2.33. The van der Waals surface area contributed by atoms with Crippen molar-refractivity contribution in [1.82, 2.24) is 15.5 Å². The minimum atomic E-state index is -0.391. The fourth-order valence-corrected chi connectivity index (χ4v) is 4.80. The zero-order valence-electron chi connectivity index (χ0n) is 14.0. The largest absolute Gasteiger partial charge is 0.333 e. The highest BCUT2D eigenvalue weighted by molar-refractivity contribution is 5.95. The Morgan fingerprint density at radius 2 is 1.59 bits per heavy atom. The summed E-state index contributed by atoms with van der Waals surface area (Å²) in [5.41, 5.74) is -0.329. The Bertz CT molecular complexity index is 443. The Kier molecular flexibility index (Phi) is 4.19. The van der Waals surface area contributed by atoms with E-state index in [1.54, 1.807) is 0 Å². The Morgan fingerprint density at radius 1 is 1.00 bits per heavy atom. The molecule has 4 rings (SSSR count). The SMILES string of the molecule is CC(C)(C)NC(=O)NC(=O)CN1CC2CC3CC(C2)CC1C3. The highest BCUT2D eigenvalue weighted by Crippen LogP contribution is 2.47. The quantitative estimate of drug-likeness (QED) is 0.821. The number of rotatable bonds is 2. The standard InChI is InChI=1S/C17H29N3O2/c1-17(2,3)19-16(22)18-15(21)10-20-9-13-5-11-4-12(6-13)8-14(20)7-11/h11-14H,4-10H2,1-3H3,(H2,18,19,21,22). The molecule has 124 valence electrons. The van der Waals surface area contributed by atoms with Gasteiger partial charge in [-0.15, -0.1) is 0 Å². The van der Waals surface area contributed by atoms with Gasteiger partial charge in [-0.05, 0) is 70.6 Å². The van der Waals surface area contributed by atoms with Gasteiger partial charge in [-0.2, -0.15) is 0 Å². The van der Waals surface area contributed by atoms with Crippen LogP contribution in [-0.2, 0) is 4.79 Å². The fraction of sp³-hybridized carbons (Fsp3) is 0.882. The first-order valence-corrected chi connectivity index (χ1v) is 8.64. The van der Waals surface area contributed by atoms with E-state index >= 15 is 0 Å². The molecule has 22 heavy (non-hydrogen) atoms. The van der Waals surface area contributed by atoms with Crippen molar-refractivity contribution in [3.63, 3.8) is 0 Å². The second-order valence-electron chi connectivity index (χ2n) is 8.61. The lowest BCUT2D eigenvalue weighted by Gasteiger charge is -2.39. The third kappa shape index (κ3) is 3.80. The Balaban J connectivity index is 1.54. The van der Waals surface area contributed by atoms with Crippen LogP contribution in [0.5, 0.6) is 0 Å². The van der Waals surface area contributed by atoms with E-state index in [1.807, 2.05) is 20.8 Å². The van der Waals surface area contributed by atoms with Crippen molar-refractivity contribution >= 4 is 11.9 Å². The average molecular weight is 307 g/mol. The maximum atomic E-state index is 12.2. The van der Waals surface area contributed by atoms with E-state index in [0.717, 1.165) is 24.3 Å². The molecule has 2 heterocycles. The lowest BCUT2D eigenvalue weighted by Crippen LogP contribution is -2.51. The van der Waals surface area contributed by atoms with E-state index in [1.165, 1.54) is 32.1 Å². The van der Waals surface area contributed by atoms with E-state index in [4.69, 9.17) is 0 Å². The van der Waals surface area contributed by atoms with E-state index < -0.39 is 6.03 Å². The zero-order valence-corrected chi connectivity index (χ0v) is 14.0. The molecule has 2 saturated carbocycles. The van der Waals surface area contributed by atoms with Gasteiger partial charge in [0.05, 0.1) is 6.54 Å². The molecule has 4 fully saturated rings. The van der Waals surface area contributed by atoms with Gasteiger partial charge in [0.2, 0.25) is 5.91 Å². The fourth-order valence-electron chi connectivity index (χ4n) is 4.80. The second-order valence-corrected chi connectivity index (χ2v) is 8.61. The molecule has 0 aromatic heterocycles. The van der Waals surface area contributed by atoms with Gasteiger partial charge in [-0.25, -0.2) is 4.79 Å². The number of nitrogens with zero attached hydrogens (tertiary/aromatic N) is 1. The van der Waals surface area contributed by atoms with Gasteiger partial charge in [0.1, 0.15) is 0 Å². The van der Waals surface area contributed by atoms with Crippen LogP contribution in [0, 0.1) is 17.8 Å². The highest BCUT2D eigenvalue weighted by Gasteiger charge is 2.42. The summed E-state index contributed by atoms with van der Waals surface area (Å²) < 4.78 is 0. The van der Waals surface area contributed by atoms with E-state index in [2.05, 4.69) is 15.5 Å². The first-order valence-electron chi connectivity index (χ1n) is 8.64.